The van der Waals surface area contributed by atoms with Gasteiger partial charge in [0.25, 0.3) is 0 Å². The molecule has 0 atom stereocenters. The minimum Gasteiger partial charge on any atom is -0.492 e. The van der Waals surface area contributed by atoms with Crippen LogP contribution >= 0.6 is 0 Å². The van der Waals surface area contributed by atoms with Crippen LogP contribution in [0.4, 0.5) is 5.69 Å². The first kappa shape index (κ1) is 13.6. The fraction of sp³-hybridized carbons (Fsp3) is 0.400. The number of aromatic nitrogens is 1. The average molecular weight is 259 g/mol. The first-order valence-electron chi connectivity index (χ1n) is 6.51. The number of nitrogens with two attached hydrogens (primary N) is 1. The van der Waals surface area contributed by atoms with E-state index in [1.807, 2.05) is 31.2 Å². The predicted octanol–water partition coefficient (Wildman–Crippen LogP) is 3.22. The third-order valence-electron chi connectivity index (χ3n) is 3.03. The molecule has 4 heteroatoms. The molecular formula is C15H21N3O. The molecular weight excluding hydrogens is 238 g/mol. The van der Waals surface area contributed by atoms with Gasteiger partial charge in [0.1, 0.15) is 11.3 Å². The molecule has 0 aliphatic heterocycles. The van der Waals surface area contributed by atoms with Crippen LogP contribution in [0.1, 0.15) is 33.4 Å². The molecule has 19 heavy (non-hydrogen) atoms. The van der Waals surface area contributed by atoms with Gasteiger partial charge in [0.05, 0.1) is 12.3 Å². The standard InChI is InChI=1S/C15H21N3O/c1-5-19-12-8-6-7-10-11(18-16)9-13(15(2,3)4)17-14(10)12/h6-9H,5,16H2,1-4H3,(H,17,18). The number of nitrogens with one attached hydrogen (secondary N) is 1. The largest absolute Gasteiger partial charge is 0.492 e. The monoisotopic (exact) mass is 259 g/mol. The van der Waals surface area contributed by atoms with Gasteiger partial charge in [-0.15, -0.1) is 0 Å². The molecule has 0 saturated carbocycles. The molecule has 0 aliphatic carbocycles. The minimum atomic E-state index is -0.0425. The zero-order valence-electron chi connectivity index (χ0n) is 11.9. The van der Waals surface area contributed by atoms with Gasteiger partial charge >= 0.3 is 0 Å². The van der Waals surface area contributed by atoms with E-state index in [4.69, 9.17) is 15.6 Å². The van der Waals surface area contributed by atoms with E-state index in [1.165, 1.54) is 0 Å². The molecule has 0 saturated heterocycles. The topological polar surface area (TPSA) is 60.2 Å². The molecule has 3 N–H and O–H groups in total. The molecule has 0 unspecified atom stereocenters. The summed E-state index contributed by atoms with van der Waals surface area (Å²) >= 11 is 0. The normalized spacial score (nSPS) is 11.6. The number of fused-ring (bicyclic) bond motifs is 1. The van der Waals surface area contributed by atoms with E-state index in [-0.39, 0.29) is 5.41 Å². The number of nitrogens with zero attached hydrogens (tertiary/aromatic N) is 1. The lowest BCUT2D eigenvalue weighted by Crippen LogP contribution is -2.16. The van der Waals surface area contributed by atoms with Crippen molar-refractivity contribution in [3.05, 3.63) is 30.0 Å². The Labute approximate surface area is 113 Å². The molecule has 0 aliphatic rings. The van der Waals surface area contributed by atoms with Crippen LogP contribution < -0.4 is 16.0 Å². The molecule has 0 spiro atoms. The molecule has 0 amide bonds. The highest BCUT2D eigenvalue weighted by molar-refractivity contribution is 5.95. The average Bonchev–Trinajstić information content (AvgIpc) is 2.37. The number of para-hydroxylation sites is 1. The van der Waals surface area contributed by atoms with Gasteiger partial charge in [0, 0.05) is 16.5 Å². The van der Waals surface area contributed by atoms with Crippen molar-refractivity contribution in [2.75, 3.05) is 12.0 Å². The van der Waals surface area contributed by atoms with E-state index in [2.05, 4.69) is 26.2 Å². The number of hydrogen-bond donors (Lipinski definition) is 2. The Kier molecular flexibility index (Phi) is 3.62. The van der Waals surface area contributed by atoms with Crippen molar-refractivity contribution in [3.63, 3.8) is 0 Å². The number of hydrazine groups is 1. The summed E-state index contributed by atoms with van der Waals surface area (Å²) in [6, 6.07) is 7.88. The van der Waals surface area contributed by atoms with Crippen LogP contribution in [0.25, 0.3) is 10.9 Å². The van der Waals surface area contributed by atoms with E-state index >= 15 is 0 Å². The maximum atomic E-state index is 5.66. The van der Waals surface area contributed by atoms with Crippen LogP contribution in [0.2, 0.25) is 0 Å². The van der Waals surface area contributed by atoms with Gasteiger partial charge in [-0.25, -0.2) is 4.98 Å². The third-order valence-corrected chi connectivity index (χ3v) is 3.03. The Balaban J connectivity index is 2.74. The fourth-order valence-corrected chi connectivity index (χ4v) is 2.00. The van der Waals surface area contributed by atoms with Gasteiger partial charge in [0.15, 0.2) is 0 Å². The zero-order chi connectivity index (χ0) is 14.0. The van der Waals surface area contributed by atoms with Gasteiger partial charge in [-0.3, -0.25) is 5.84 Å². The maximum absolute atomic E-state index is 5.66. The molecule has 0 fully saturated rings. The maximum Gasteiger partial charge on any atom is 0.145 e. The summed E-state index contributed by atoms with van der Waals surface area (Å²) in [4.78, 5) is 4.75. The number of ether oxygens (including phenoxy) is 1. The zero-order valence-corrected chi connectivity index (χ0v) is 11.9. The van der Waals surface area contributed by atoms with E-state index in [9.17, 15) is 0 Å². The molecule has 0 bridgehead atoms. The quantitative estimate of drug-likeness (QED) is 0.656. The highest BCUT2D eigenvalue weighted by atomic mass is 16.5. The van der Waals surface area contributed by atoms with E-state index < -0.39 is 0 Å². The second kappa shape index (κ2) is 5.05. The van der Waals surface area contributed by atoms with Crippen molar-refractivity contribution in [3.8, 4) is 5.75 Å². The molecule has 1 aromatic heterocycles. The number of benzene rings is 1. The van der Waals surface area contributed by atoms with Gasteiger partial charge in [0.2, 0.25) is 0 Å². The molecule has 1 aromatic carbocycles. The van der Waals surface area contributed by atoms with E-state index in [0.29, 0.717) is 6.61 Å². The first-order valence-corrected chi connectivity index (χ1v) is 6.51. The van der Waals surface area contributed by atoms with E-state index in [0.717, 1.165) is 28.0 Å². The Morgan fingerprint density at radius 1 is 1.32 bits per heavy atom. The lowest BCUT2D eigenvalue weighted by atomic mass is 9.90. The SMILES string of the molecule is CCOc1cccc2c(NN)cc(C(C)(C)C)nc12. The summed E-state index contributed by atoms with van der Waals surface area (Å²) in [5.74, 6) is 6.43. The van der Waals surface area contributed by atoms with Crippen molar-refractivity contribution in [2.24, 2.45) is 5.84 Å². The van der Waals surface area contributed by atoms with E-state index in [1.54, 1.807) is 0 Å². The smallest absolute Gasteiger partial charge is 0.145 e. The summed E-state index contributed by atoms with van der Waals surface area (Å²) in [7, 11) is 0. The minimum absolute atomic E-state index is 0.0425. The number of hydrogen-bond acceptors (Lipinski definition) is 4. The van der Waals surface area contributed by atoms with Crippen LogP contribution in [0.5, 0.6) is 5.75 Å². The number of anilines is 1. The van der Waals surface area contributed by atoms with Crippen LogP contribution in [0, 0.1) is 0 Å². The second-order valence-corrected chi connectivity index (χ2v) is 5.53. The summed E-state index contributed by atoms with van der Waals surface area (Å²) in [5, 5.41) is 0.974. The molecule has 1 heterocycles. The Morgan fingerprint density at radius 2 is 2.05 bits per heavy atom. The Hall–Kier alpha value is -1.81. The molecule has 2 aromatic rings. The van der Waals surface area contributed by atoms with Crippen LogP contribution in [0.3, 0.4) is 0 Å². The molecule has 102 valence electrons. The highest BCUT2D eigenvalue weighted by Gasteiger charge is 2.19. The number of rotatable bonds is 3. The third kappa shape index (κ3) is 2.63. The van der Waals surface area contributed by atoms with Crippen molar-refractivity contribution in [1.29, 1.82) is 0 Å². The van der Waals surface area contributed by atoms with Gasteiger partial charge in [-0.05, 0) is 19.1 Å². The van der Waals surface area contributed by atoms with Crippen LogP contribution in [0.15, 0.2) is 24.3 Å². The lowest BCUT2D eigenvalue weighted by molar-refractivity contribution is 0.343. The first-order chi connectivity index (χ1) is 8.97. The Morgan fingerprint density at radius 3 is 2.63 bits per heavy atom. The summed E-state index contributed by atoms with van der Waals surface area (Å²) in [6.07, 6.45) is 0. The summed E-state index contributed by atoms with van der Waals surface area (Å²) in [6.45, 7) is 8.97. The highest BCUT2D eigenvalue weighted by Crippen LogP contribution is 2.33. The number of nitrogen functional groups attached to an aromatic ring is 1. The van der Waals surface area contributed by atoms with Gasteiger partial charge in [-0.2, -0.15) is 0 Å². The van der Waals surface area contributed by atoms with Crippen molar-refractivity contribution in [1.82, 2.24) is 4.98 Å². The summed E-state index contributed by atoms with van der Waals surface area (Å²) < 4.78 is 5.66. The molecule has 4 nitrogen and oxygen atoms in total. The second-order valence-electron chi connectivity index (χ2n) is 5.53. The van der Waals surface area contributed by atoms with Crippen LogP contribution in [-0.4, -0.2) is 11.6 Å². The lowest BCUT2D eigenvalue weighted by Gasteiger charge is -2.20. The van der Waals surface area contributed by atoms with Crippen molar-refractivity contribution >= 4 is 16.6 Å². The van der Waals surface area contributed by atoms with Crippen LogP contribution in [-0.2, 0) is 5.41 Å². The van der Waals surface area contributed by atoms with Gasteiger partial charge in [-0.1, -0.05) is 32.9 Å². The van der Waals surface area contributed by atoms with Crippen molar-refractivity contribution < 1.29 is 4.74 Å². The molecule has 2 rings (SSSR count). The predicted molar refractivity (Wildman–Crippen MR) is 79.4 cm³/mol. The Bertz CT molecular complexity index is 588. The van der Waals surface area contributed by atoms with Crippen molar-refractivity contribution in [2.45, 2.75) is 33.1 Å². The molecule has 0 radical (unpaired) electrons. The van der Waals surface area contributed by atoms with Gasteiger partial charge < -0.3 is 10.2 Å². The number of pyridine rings is 1. The summed E-state index contributed by atoms with van der Waals surface area (Å²) in [5.41, 5.74) is 5.42. The fourth-order valence-electron chi connectivity index (χ4n) is 2.00.